The van der Waals surface area contributed by atoms with Crippen molar-refractivity contribution in [2.45, 2.75) is 341 Å². The third-order valence-corrected chi connectivity index (χ3v) is 15.7. The van der Waals surface area contributed by atoms with E-state index in [2.05, 4.69) is 19.2 Å². The first-order valence-corrected chi connectivity index (χ1v) is 33.1. The van der Waals surface area contributed by atoms with Gasteiger partial charge in [-0.2, -0.15) is 0 Å². The quantitative estimate of drug-likeness (QED) is 0.0243. The molecule has 424 valence electrons. The summed E-state index contributed by atoms with van der Waals surface area (Å²) in [6.45, 7) is 4.88. The number of phosphoric ester groups is 1. The molecule has 71 heavy (non-hydrogen) atoms. The third-order valence-electron chi connectivity index (χ3n) is 14.8. The monoisotopic (exact) mass is 1030 g/mol. The van der Waals surface area contributed by atoms with E-state index in [-0.39, 0.29) is 19.1 Å². The smallest absolute Gasteiger partial charge is 0.387 e. The number of rotatable bonds is 59. The Morgan fingerprint density at radius 2 is 0.746 bits per heavy atom. The van der Waals surface area contributed by atoms with E-state index in [0.29, 0.717) is 17.4 Å². The zero-order chi connectivity index (χ0) is 52.0. The highest BCUT2D eigenvalue weighted by Gasteiger charge is 2.28. The van der Waals surface area contributed by atoms with E-state index in [9.17, 15) is 19.4 Å². The van der Waals surface area contributed by atoms with Gasteiger partial charge in [-0.1, -0.05) is 315 Å². The molecule has 0 heterocycles. The van der Waals surface area contributed by atoms with Gasteiger partial charge >= 0.3 is 7.82 Å². The predicted octanol–water partition coefficient (Wildman–Crippen LogP) is 19.4. The number of carbonyl (C=O) groups is 1. The average molecular weight is 1030 g/mol. The van der Waals surface area contributed by atoms with Gasteiger partial charge in [0.1, 0.15) is 13.2 Å². The molecule has 0 aliphatic heterocycles. The van der Waals surface area contributed by atoms with Crippen LogP contribution in [0.4, 0.5) is 0 Å². The van der Waals surface area contributed by atoms with Crippen molar-refractivity contribution in [3.8, 4) is 0 Å². The van der Waals surface area contributed by atoms with Gasteiger partial charge in [-0.3, -0.25) is 13.8 Å². The Balaban J connectivity index is 4.12. The second kappa shape index (κ2) is 54.0. The minimum Gasteiger partial charge on any atom is -0.387 e. The van der Waals surface area contributed by atoms with Crippen LogP contribution in [-0.2, 0) is 18.4 Å². The molecule has 0 fully saturated rings. The molecule has 0 aliphatic carbocycles. The van der Waals surface area contributed by atoms with Crippen molar-refractivity contribution in [2.24, 2.45) is 0 Å². The van der Waals surface area contributed by atoms with Crippen LogP contribution in [0.1, 0.15) is 328 Å². The molecule has 0 aromatic carbocycles. The number of hydrogen-bond donors (Lipinski definition) is 3. The summed E-state index contributed by atoms with van der Waals surface area (Å²) in [6.07, 6.45) is 67.6. The van der Waals surface area contributed by atoms with Crippen molar-refractivity contribution < 1.29 is 32.9 Å². The number of unbranched alkanes of at least 4 members (excludes halogenated alkanes) is 46. The molecule has 8 nitrogen and oxygen atoms in total. The molecular weight excluding hydrogens is 900 g/mol. The summed E-state index contributed by atoms with van der Waals surface area (Å²) in [4.78, 5) is 23.4. The summed E-state index contributed by atoms with van der Waals surface area (Å²) in [6, 6.07) is -0.843. The number of aliphatic hydroxyl groups excluding tert-OH is 1. The lowest BCUT2D eigenvalue weighted by Gasteiger charge is -2.25. The third kappa shape index (κ3) is 56.8. The number of allylic oxidation sites excluding steroid dienone is 1. The van der Waals surface area contributed by atoms with E-state index in [1.54, 1.807) is 6.08 Å². The van der Waals surface area contributed by atoms with Crippen molar-refractivity contribution in [1.29, 1.82) is 0 Å². The molecule has 0 rings (SSSR count). The van der Waals surface area contributed by atoms with Gasteiger partial charge in [-0.15, -0.1) is 0 Å². The molecular formula is C62H126N2O6P+. The zero-order valence-corrected chi connectivity index (χ0v) is 49.4. The Bertz CT molecular complexity index is 1160. The number of aliphatic hydroxyl groups is 1. The average Bonchev–Trinajstić information content (AvgIpc) is 3.33. The van der Waals surface area contributed by atoms with Crippen LogP contribution in [-0.4, -0.2) is 73.4 Å². The molecule has 0 aliphatic rings. The first kappa shape index (κ1) is 70.2. The molecule has 1 amide bonds. The van der Waals surface area contributed by atoms with E-state index in [1.807, 2.05) is 27.2 Å². The molecule has 3 unspecified atom stereocenters. The lowest BCUT2D eigenvalue weighted by Crippen LogP contribution is -2.45. The summed E-state index contributed by atoms with van der Waals surface area (Å²) in [5.41, 5.74) is 0. The molecule has 0 saturated heterocycles. The molecule has 9 heteroatoms. The summed E-state index contributed by atoms with van der Waals surface area (Å²) < 4.78 is 23.8. The number of hydrogen-bond acceptors (Lipinski definition) is 5. The van der Waals surface area contributed by atoms with Crippen LogP contribution in [0.25, 0.3) is 0 Å². The van der Waals surface area contributed by atoms with Crippen molar-refractivity contribution in [3.63, 3.8) is 0 Å². The van der Waals surface area contributed by atoms with Gasteiger partial charge in [0.2, 0.25) is 5.91 Å². The number of quaternary nitrogens is 1. The number of phosphoric acid groups is 1. The Morgan fingerprint density at radius 3 is 1.04 bits per heavy atom. The molecule has 0 bridgehead atoms. The van der Waals surface area contributed by atoms with Crippen molar-refractivity contribution in [1.82, 2.24) is 5.32 Å². The fourth-order valence-electron chi connectivity index (χ4n) is 9.81. The van der Waals surface area contributed by atoms with Crippen LogP contribution in [0.5, 0.6) is 0 Å². The second-order valence-electron chi connectivity index (χ2n) is 23.2. The number of nitrogens with zero attached hydrogens (tertiary/aromatic N) is 1. The Labute approximate surface area is 443 Å². The van der Waals surface area contributed by atoms with E-state index < -0.39 is 20.0 Å². The highest BCUT2D eigenvalue weighted by molar-refractivity contribution is 7.47. The van der Waals surface area contributed by atoms with E-state index in [0.717, 1.165) is 32.1 Å². The van der Waals surface area contributed by atoms with Crippen molar-refractivity contribution in [2.75, 3.05) is 40.9 Å². The Kier molecular flexibility index (Phi) is 53.5. The standard InChI is InChI=1S/C62H125N2O6P/c1-6-8-10-12-14-16-18-20-22-24-26-28-30-31-32-34-35-37-39-41-43-45-47-49-51-53-55-61(65)60(59-70-71(67,68)69-58-57-64(3,4)5)63-62(66)56-54-52-50-48-46-44-42-40-38-36-33-29-27-25-23-21-19-17-15-13-11-9-7-2/h53,55,60-61,65H,6-52,54,56-59H2,1-5H3,(H-,63,66,67,68)/p+1/b55-53+. The van der Waals surface area contributed by atoms with Crippen LogP contribution in [0.3, 0.4) is 0 Å². The normalized spacial score (nSPS) is 13.8. The minimum atomic E-state index is -4.35. The fraction of sp³-hybridized carbons (Fsp3) is 0.952. The van der Waals surface area contributed by atoms with Crippen LogP contribution in [0.15, 0.2) is 12.2 Å². The summed E-state index contributed by atoms with van der Waals surface area (Å²) in [7, 11) is 1.59. The van der Waals surface area contributed by atoms with E-state index in [4.69, 9.17) is 9.05 Å². The first-order valence-electron chi connectivity index (χ1n) is 31.6. The van der Waals surface area contributed by atoms with Crippen LogP contribution in [0.2, 0.25) is 0 Å². The Morgan fingerprint density at radius 1 is 0.465 bits per heavy atom. The van der Waals surface area contributed by atoms with Gasteiger partial charge < -0.3 is 19.8 Å². The van der Waals surface area contributed by atoms with Gasteiger partial charge in [0, 0.05) is 6.42 Å². The molecule has 0 spiro atoms. The molecule has 3 N–H and O–H groups in total. The summed E-state index contributed by atoms with van der Waals surface area (Å²) >= 11 is 0. The maximum absolute atomic E-state index is 13.0. The van der Waals surface area contributed by atoms with Gasteiger partial charge in [0.15, 0.2) is 0 Å². The van der Waals surface area contributed by atoms with Crippen LogP contribution >= 0.6 is 7.82 Å². The van der Waals surface area contributed by atoms with E-state index >= 15 is 0 Å². The number of likely N-dealkylation sites (N-methyl/N-ethyl adjacent to an activating group) is 1. The SMILES string of the molecule is CCCCCCCCCCCCCCCCCCCCCCCCCC/C=C/C(O)C(COP(=O)(O)OCC[N+](C)(C)C)NC(=O)CCCCCCCCCCCCCCCCCCCCCCCCC. The second-order valence-corrected chi connectivity index (χ2v) is 24.6. The minimum absolute atomic E-state index is 0.0654. The molecule has 3 atom stereocenters. The summed E-state index contributed by atoms with van der Waals surface area (Å²) in [5, 5.41) is 14.0. The number of carbonyl (C=O) groups excluding carboxylic acids is 1. The fourth-order valence-corrected chi connectivity index (χ4v) is 10.5. The highest BCUT2D eigenvalue weighted by Crippen LogP contribution is 2.43. The predicted molar refractivity (Wildman–Crippen MR) is 309 cm³/mol. The maximum atomic E-state index is 13.0. The summed E-state index contributed by atoms with van der Waals surface area (Å²) in [5.74, 6) is -0.168. The van der Waals surface area contributed by atoms with E-state index in [1.165, 1.54) is 276 Å². The van der Waals surface area contributed by atoms with Crippen LogP contribution in [0, 0.1) is 0 Å². The highest BCUT2D eigenvalue weighted by atomic mass is 31.2. The van der Waals surface area contributed by atoms with Crippen molar-refractivity contribution in [3.05, 3.63) is 12.2 Å². The van der Waals surface area contributed by atoms with Gasteiger partial charge in [0.25, 0.3) is 0 Å². The molecule has 0 saturated carbocycles. The first-order chi connectivity index (χ1) is 34.5. The Hall–Kier alpha value is -0.760. The van der Waals surface area contributed by atoms with Gasteiger partial charge in [-0.25, -0.2) is 4.57 Å². The molecule has 0 aromatic heterocycles. The maximum Gasteiger partial charge on any atom is 0.472 e. The number of amides is 1. The lowest BCUT2D eigenvalue weighted by molar-refractivity contribution is -0.870. The zero-order valence-electron chi connectivity index (χ0n) is 48.5. The van der Waals surface area contributed by atoms with Crippen LogP contribution < -0.4 is 5.32 Å². The van der Waals surface area contributed by atoms with Gasteiger partial charge in [-0.05, 0) is 19.3 Å². The number of nitrogens with one attached hydrogen (secondary N) is 1. The lowest BCUT2D eigenvalue weighted by atomic mass is 10.0. The molecule has 0 radical (unpaired) electrons. The largest absolute Gasteiger partial charge is 0.472 e. The van der Waals surface area contributed by atoms with Crippen molar-refractivity contribution >= 4 is 13.7 Å². The van der Waals surface area contributed by atoms with Gasteiger partial charge in [0.05, 0.1) is 39.9 Å². The topological polar surface area (TPSA) is 105 Å². The molecule has 0 aromatic rings.